The summed E-state index contributed by atoms with van der Waals surface area (Å²) in [6.07, 6.45) is 2.04. The average Bonchev–Trinajstić information content (AvgIpc) is 2.58. The van der Waals surface area contributed by atoms with Crippen LogP contribution in [0.25, 0.3) is 0 Å². The maximum absolute atomic E-state index is 12.2. The Labute approximate surface area is 156 Å². The summed E-state index contributed by atoms with van der Waals surface area (Å²) < 4.78 is 5.34. The summed E-state index contributed by atoms with van der Waals surface area (Å²) in [6.45, 7) is 5.01. The lowest BCUT2D eigenvalue weighted by Crippen LogP contribution is -2.54. The lowest BCUT2D eigenvalue weighted by Gasteiger charge is -2.33. The van der Waals surface area contributed by atoms with Gasteiger partial charge in [-0.15, -0.1) is 24.8 Å². The van der Waals surface area contributed by atoms with Crippen molar-refractivity contribution >= 4 is 30.7 Å². The minimum Gasteiger partial charge on any atom is -0.378 e. The molecule has 1 unspecified atom stereocenters. The number of carbonyl (C=O) groups is 1. The maximum Gasteiger partial charge on any atom is 0.239 e. The number of nitrogens with zero attached hydrogens (tertiary/aromatic N) is 1. The van der Waals surface area contributed by atoms with E-state index in [4.69, 9.17) is 4.74 Å². The Morgan fingerprint density at radius 3 is 2.54 bits per heavy atom. The van der Waals surface area contributed by atoms with Crippen LogP contribution in [-0.2, 0) is 16.1 Å². The summed E-state index contributed by atoms with van der Waals surface area (Å²) in [5.41, 5.74) is 1.36. The maximum atomic E-state index is 12.2. The molecular formula is C17H27Cl2N3O2. The lowest BCUT2D eigenvalue weighted by atomic mass is 10.0. The number of benzene rings is 1. The van der Waals surface area contributed by atoms with Gasteiger partial charge in [0.25, 0.3) is 0 Å². The van der Waals surface area contributed by atoms with Crippen molar-refractivity contribution in [3.05, 3.63) is 35.9 Å². The number of carbonyl (C=O) groups excluding carboxylic acids is 1. The minimum atomic E-state index is -0.184. The zero-order valence-corrected chi connectivity index (χ0v) is 15.4. The number of amides is 1. The molecule has 2 N–H and O–H groups in total. The van der Waals surface area contributed by atoms with E-state index in [0.717, 1.165) is 39.0 Å². The second kappa shape index (κ2) is 10.9. The highest BCUT2D eigenvalue weighted by Crippen LogP contribution is 2.14. The monoisotopic (exact) mass is 375 g/mol. The highest BCUT2D eigenvalue weighted by molar-refractivity contribution is 5.85. The van der Waals surface area contributed by atoms with E-state index in [0.29, 0.717) is 19.3 Å². The first-order chi connectivity index (χ1) is 10.8. The molecule has 2 heterocycles. The van der Waals surface area contributed by atoms with Gasteiger partial charge in [0.1, 0.15) is 6.04 Å². The largest absolute Gasteiger partial charge is 0.378 e. The Morgan fingerprint density at radius 2 is 1.92 bits per heavy atom. The van der Waals surface area contributed by atoms with Gasteiger partial charge in [0.2, 0.25) is 5.91 Å². The Hall–Kier alpha value is -0.850. The Bertz CT molecular complexity index is 476. The van der Waals surface area contributed by atoms with Gasteiger partial charge in [-0.2, -0.15) is 0 Å². The van der Waals surface area contributed by atoms with Crippen molar-refractivity contribution in [1.29, 1.82) is 0 Å². The van der Waals surface area contributed by atoms with E-state index in [1.807, 2.05) is 6.07 Å². The Kier molecular flexibility index (Phi) is 9.63. The van der Waals surface area contributed by atoms with Crippen LogP contribution in [0.3, 0.4) is 0 Å². The number of hydrogen-bond acceptors (Lipinski definition) is 4. The number of hydrogen-bond donors (Lipinski definition) is 2. The molecule has 7 heteroatoms. The molecule has 3 rings (SSSR count). The van der Waals surface area contributed by atoms with E-state index in [9.17, 15) is 4.79 Å². The quantitative estimate of drug-likeness (QED) is 0.838. The summed E-state index contributed by atoms with van der Waals surface area (Å²) in [4.78, 5) is 14.6. The third kappa shape index (κ3) is 6.22. The van der Waals surface area contributed by atoms with Crippen molar-refractivity contribution in [3.63, 3.8) is 0 Å². The Balaban J connectivity index is 0.00000144. The molecule has 136 valence electrons. The van der Waals surface area contributed by atoms with Crippen molar-refractivity contribution in [2.45, 2.75) is 31.5 Å². The van der Waals surface area contributed by atoms with Crippen LogP contribution in [0.4, 0.5) is 0 Å². The SMILES string of the molecule is Cl.Cl.O=C(NC1CCN(Cc2ccccc2)CC1)C1COCCN1. The standard InChI is InChI=1S/C17H25N3O2.2ClH/c21-17(16-13-22-11-8-18-16)19-15-6-9-20(10-7-15)12-14-4-2-1-3-5-14;;/h1-5,15-16,18H,6-13H2,(H,19,21);2*1H. The van der Waals surface area contributed by atoms with Crippen molar-refractivity contribution in [1.82, 2.24) is 15.5 Å². The molecule has 2 fully saturated rings. The molecule has 5 nitrogen and oxygen atoms in total. The first kappa shape index (κ1) is 21.2. The molecule has 0 spiro atoms. The van der Waals surface area contributed by atoms with Gasteiger partial charge in [-0.1, -0.05) is 30.3 Å². The summed E-state index contributed by atoms with van der Waals surface area (Å²) >= 11 is 0. The molecule has 0 aromatic heterocycles. The number of piperidine rings is 1. The predicted octanol–water partition coefficient (Wildman–Crippen LogP) is 1.60. The van der Waals surface area contributed by atoms with E-state index in [-0.39, 0.29) is 36.8 Å². The molecule has 1 atom stereocenters. The van der Waals surface area contributed by atoms with Crippen LogP contribution in [0.5, 0.6) is 0 Å². The molecule has 1 aromatic rings. The van der Waals surface area contributed by atoms with Gasteiger partial charge in [-0.25, -0.2) is 0 Å². The zero-order chi connectivity index (χ0) is 15.2. The third-order valence-corrected chi connectivity index (χ3v) is 4.42. The summed E-state index contributed by atoms with van der Waals surface area (Å²) in [7, 11) is 0. The van der Waals surface area contributed by atoms with E-state index < -0.39 is 0 Å². The van der Waals surface area contributed by atoms with Crippen molar-refractivity contribution in [2.75, 3.05) is 32.8 Å². The van der Waals surface area contributed by atoms with Crippen LogP contribution in [0.15, 0.2) is 30.3 Å². The topological polar surface area (TPSA) is 53.6 Å². The zero-order valence-electron chi connectivity index (χ0n) is 13.8. The smallest absolute Gasteiger partial charge is 0.239 e. The van der Waals surface area contributed by atoms with Gasteiger partial charge in [-0.05, 0) is 18.4 Å². The van der Waals surface area contributed by atoms with Crippen LogP contribution >= 0.6 is 24.8 Å². The molecular weight excluding hydrogens is 349 g/mol. The fourth-order valence-corrected chi connectivity index (χ4v) is 3.11. The van der Waals surface area contributed by atoms with Crippen LogP contribution in [-0.4, -0.2) is 55.7 Å². The molecule has 1 aromatic carbocycles. The van der Waals surface area contributed by atoms with Gasteiger partial charge < -0.3 is 15.4 Å². The molecule has 2 aliphatic heterocycles. The summed E-state index contributed by atoms with van der Waals surface area (Å²) in [5, 5.41) is 6.37. The highest BCUT2D eigenvalue weighted by Gasteiger charge is 2.25. The fourth-order valence-electron chi connectivity index (χ4n) is 3.11. The molecule has 0 aliphatic carbocycles. The summed E-state index contributed by atoms with van der Waals surface area (Å²) in [6, 6.07) is 10.7. The van der Waals surface area contributed by atoms with E-state index in [1.54, 1.807) is 0 Å². The predicted molar refractivity (Wildman–Crippen MR) is 100.0 cm³/mol. The van der Waals surface area contributed by atoms with E-state index in [1.165, 1.54) is 5.56 Å². The lowest BCUT2D eigenvalue weighted by molar-refractivity contribution is -0.126. The van der Waals surface area contributed by atoms with Gasteiger partial charge in [-0.3, -0.25) is 9.69 Å². The van der Waals surface area contributed by atoms with Crippen LogP contribution in [0, 0.1) is 0 Å². The molecule has 0 radical (unpaired) electrons. The first-order valence-electron chi connectivity index (χ1n) is 8.19. The van der Waals surface area contributed by atoms with E-state index in [2.05, 4.69) is 39.8 Å². The molecule has 0 bridgehead atoms. The van der Waals surface area contributed by atoms with Crippen molar-refractivity contribution < 1.29 is 9.53 Å². The normalized spacial score (nSPS) is 22.1. The number of halogens is 2. The fraction of sp³-hybridized carbons (Fsp3) is 0.588. The second-order valence-corrected chi connectivity index (χ2v) is 6.13. The van der Waals surface area contributed by atoms with E-state index >= 15 is 0 Å². The summed E-state index contributed by atoms with van der Waals surface area (Å²) in [5.74, 6) is 0.0845. The first-order valence-corrected chi connectivity index (χ1v) is 8.19. The minimum absolute atomic E-state index is 0. The molecule has 24 heavy (non-hydrogen) atoms. The van der Waals surface area contributed by atoms with Crippen LogP contribution < -0.4 is 10.6 Å². The average molecular weight is 376 g/mol. The number of ether oxygens (including phenoxy) is 1. The molecule has 2 aliphatic rings. The van der Waals surface area contributed by atoms with Crippen LogP contribution in [0.2, 0.25) is 0 Å². The molecule has 2 saturated heterocycles. The van der Waals surface area contributed by atoms with Gasteiger partial charge in [0, 0.05) is 32.2 Å². The number of rotatable bonds is 4. The molecule has 0 saturated carbocycles. The van der Waals surface area contributed by atoms with Crippen molar-refractivity contribution in [2.24, 2.45) is 0 Å². The van der Waals surface area contributed by atoms with Gasteiger partial charge in [0.05, 0.1) is 13.2 Å². The number of likely N-dealkylation sites (tertiary alicyclic amines) is 1. The molecule has 1 amide bonds. The third-order valence-electron chi connectivity index (χ3n) is 4.42. The second-order valence-electron chi connectivity index (χ2n) is 6.13. The number of nitrogens with one attached hydrogen (secondary N) is 2. The number of morpholine rings is 1. The van der Waals surface area contributed by atoms with Crippen LogP contribution in [0.1, 0.15) is 18.4 Å². The van der Waals surface area contributed by atoms with Crippen molar-refractivity contribution in [3.8, 4) is 0 Å². The highest BCUT2D eigenvalue weighted by atomic mass is 35.5. The Morgan fingerprint density at radius 1 is 1.21 bits per heavy atom. The van der Waals surface area contributed by atoms with Gasteiger partial charge >= 0.3 is 0 Å². The van der Waals surface area contributed by atoms with Gasteiger partial charge in [0.15, 0.2) is 0 Å².